The lowest BCUT2D eigenvalue weighted by atomic mass is 9.89. The Bertz CT molecular complexity index is 520. The first-order chi connectivity index (χ1) is 11.0. The predicted octanol–water partition coefficient (Wildman–Crippen LogP) is 2.80. The second-order valence-electron chi connectivity index (χ2n) is 7.06. The first-order valence-electron chi connectivity index (χ1n) is 8.64. The lowest BCUT2D eigenvalue weighted by Gasteiger charge is -2.35. The van der Waals surface area contributed by atoms with Crippen molar-refractivity contribution in [1.29, 1.82) is 0 Å². The Morgan fingerprint density at radius 1 is 1.22 bits per heavy atom. The topological polar surface area (TPSA) is 52.6 Å². The molecule has 0 heterocycles. The summed E-state index contributed by atoms with van der Waals surface area (Å²) in [5, 5.41) is 13.1. The number of carbonyl (C=O) groups is 1. The minimum atomic E-state index is -0.454. The van der Waals surface area contributed by atoms with E-state index in [4.69, 9.17) is 0 Å². The number of nitrogens with one attached hydrogen (secondary N) is 1. The van der Waals surface area contributed by atoms with E-state index in [-0.39, 0.29) is 18.6 Å². The minimum Gasteiger partial charge on any atom is -0.394 e. The van der Waals surface area contributed by atoms with Crippen molar-refractivity contribution in [3.05, 3.63) is 35.4 Å². The molecule has 0 aliphatic heterocycles. The standard InChI is InChI=1S/C19H30N2O2/c1-15-10-6-7-11-16(15)17(21(2)3)18(23)20-19(14-22)12-8-4-5-9-13-19/h6-7,10-11,17,22H,4-5,8-9,12-14H2,1-3H3,(H,20,23). The zero-order valence-corrected chi connectivity index (χ0v) is 14.6. The van der Waals surface area contributed by atoms with Crippen molar-refractivity contribution < 1.29 is 9.90 Å². The number of aryl methyl sites for hydroxylation is 1. The highest BCUT2D eigenvalue weighted by Gasteiger charge is 2.35. The first kappa shape index (κ1) is 18.0. The molecule has 4 nitrogen and oxygen atoms in total. The Hall–Kier alpha value is -1.39. The van der Waals surface area contributed by atoms with Crippen molar-refractivity contribution in [2.75, 3.05) is 20.7 Å². The molecule has 0 aromatic heterocycles. The van der Waals surface area contributed by atoms with Gasteiger partial charge in [0.25, 0.3) is 0 Å². The average Bonchev–Trinajstić information content (AvgIpc) is 2.75. The molecule has 1 aliphatic rings. The van der Waals surface area contributed by atoms with Gasteiger partial charge in [0.15, 0.2) is 0 Å². The maximum atomic E-state index is 13.0. The van der Waals surface area contributed by atoms with Crippen LogP contribution in [0.2, 0.25) is 0 Å². The third kappa shape index (κ3) is 4.33. The van der Waals surface area contributed by atoms with Gasteiger partial charge in [0.2, 0.25) is 5.91 Å². The van der Waals surface area contributed by atoms with Crippen LogP contribution in [0.3, 0.4) is 0 Å². The van der Waals surface area contributed by atoms with Crippen LogP contribution in [0.1, 0.15) is 55.7 Å². The molecule has 128 valence electrons. The van der Waals surface area contributed by atoms with Crippen LogP contribution in [0.15, 0.2) is 24.3 Å². The fraction of sp³-hybridized carbons (Fsp3) is 0.632. The van der Waals surface area contributed by atoms with Crippen molar-refractivity contribution in [1.82, 2.24) is 10.2 Å². The molecule has 1 amide bonds. The molecule has 1 unspecified atom stereocenters. The summed E-state index contributed by atoms with van der Waals surface area (Å²) in [7, 11) is 3.85. The lowest BCUT2D eigenvalue weighted by molar-refractivity contribution is -0.128. The van der Waals surface area contributed by atoms with Crippen LogP contribution in [0, 0.1) is 6.92 Å². The number of aliphatic hydroxyl groups is 1. The van der Waals surface area contributed by atoms with Crippen LogP contribution < -0.4 is 5.32 Å². The van der Waals surface area contributed by atoms with Crippen LogP contribution in [0.4, 0.5) is 0 Å². The van der Waals surface area contributed by atoms with Gasteiger partial charge < -0.3 is 10.4 Å². The Labute approximate surface area is 139 Å². The highest BCUT2D eigenvalue weighted by molar-refractivity contribution is 5.84. The van der Waals surface area contributed by atoms with Crippen LogP contribution in [-0.2, 0) is 4.79 Å². The lowest BCUT2D eigenvalue weighted by Crippen LogP contribution is -2.54. The number of amides is 1. The quantitative estimate of drug-likeness (QED) is 0.821. The fourth-order valence-electron chi connectivity index (χ4n) is 3.61. The molecule has 1 atom stereocenters. The van der Waals surface area contributed by atoms with E-state index in [9.17, 15) is 9.90 Å². The predicted molar refractivity (Wildman–Crippen MR) is 93.3 cm³/mol. The van der Waals surface area contributed by atoms with Gasteiger partial charge in [0.1, 0.15) is 6.04 Å². The molecule has 0 bridgehead atoms. The van der Waals surface area contributed by atoms with Crippen LogP contribution >= 0.6 is 0 Å². The van der Waals surface area contributed by atoms with Crippen molar-refractivity contribution in [3.63, 3.8) is 0 Å². The number of rotatable bonds is 5. The van der Waals surface area contributed by atoms with E-state index in [2.05, 4.69) is 5.32 Å². The van der Waals surface area contributed by atoms with Crippen LogP contribution in [0.5, 0.6) is 0 Å². The van der Waals surface area contributed by atoms with Crippen LogP contribution in [-0.4, -0.2) is 42.2 Å². The van der Waals surface area contributed by atoms with Gasteiger partial charge in [-0.25, -0.2) is 0 Å². The molecule has 0 spiro atoms. The number of nitrogens with zero attached hydrogens (tertiary/aromatic N) is 1. The SMILES string of the molecule is Cc1ccccc1C(C(=O)NC1(CO)CCCCCC1)N(C)C. The molecular formula is C19H30N2O2. The largest absolute Gasteiger partial charge is 0.394 e. The van der Waals surface area contributed by atoms with Gasteiger partial charge in [-0.05, 0) is 45.0 Å². The van der Waals surface area contributed by atoms with Crippen molar-refractivity contribution in [2.24, 2.45) is 0 Å². The molecule has 0 radical (unpaired) electrons. The van der Waals surface area contributed by atoms with Gasteiger partial charge in [-0.15, -0.1) is 0 Å². The summed E-state index contributed by atoms with van der Waals surface area (Å²) in [5.41, 5.74) is 1.68. The summed E-state index contributed by atoms with van der Waals surface area (Å²) in [4.78, 5) is 15.0. The van der Waals surface area contributed by atoms with E-state index >= 15 is 0 Å². The highest BCUT2D eigenvalue weighted by Crippen LogP contribution is 2.29. The van der Waals surface area contributed by atoms with Gasteiger partial charge >= 0.3 is 0 Å². The third-order valence-electron chi connectivity index (χ3n) is 5.00. The molecule has 1 aromatic carbocycles. The average molecular weight is 318 g/mol. The molecule has 1 aliphatic carbocycles. The summed E-state index contributed by atoms with van der Waals surface area (Å²) in [6.07, 6.45) is 6.24. The zero-order chi connectivity index (χ0) is 16.9. The molecule has 2 N–H and O–H groups in total. The maximum Gasteiger partial charge on any atom is 0.242 e. The summed E-state index contributed by atoms with van der Waals surface area (Å²) < 4.78 is 0. The number of benzene rings is 1. The number of hydrogen-bond acceptors (Lipinski definition) is 3. The van der Waals surface area contributed by atoms with E-state index in [1.165, 1.54) is 12.8 Å². The molecule has 23 heavy (non-hydrogen) atoms. The summed E-state index contributed by atoms with van der Waals surface area (Å²) in [6.45, 7) is 2.05. The van der Waals surface area contributed by atoms with E-state index in [0.717, 1.165) is 36.8 Å². The molecule has 1 aromatic rings. The number of aliphatic hydroxyl groups excluding tert-OH is 1. The second-order valence-corrected chi connectivity index (χ2v) is 7.06. The molecule has 0 saturated heterocycles. The van der Waals surface area contributed by atoms with E-state index in [0.29, 0.717) is 0 Å². The van der Waals surface area contributed by atoms with Gasteiger partial charge in [-0.2, -0.15) is 0 Å². The van der Waals surface area contributed by atoms with E-state index in [1.54, 1.807) is 0 Å². The maximum absolute atomic E-state index is 13.0. The fourth-order valence-corrected chi connectivity index (χ4v) is 3.61. The summed E-state index contributed by atoms with van der Waals surface area (Å²) in [6, 6.07) is 7.68. The van der Waals surface area contributed by atoms with E-state index < -0.39 is 5.54 Å². The van der Waals surface area contributed by atoms with E-state index in [1.807, 2.05) is 50.2 Å². The Balaban J connectivity index is 2.22. The van der Waals surface area contributed by atoms with Gasteiger partial charge in [-0.1, -0.05) is 49.9 Å². The molecule has 1 saturated carbocycles. The first-order valence-corrected chi connectivity index (χ1v) is 8.64. The van der Waals surface area contributed by atoms with Crippen molar-refractivity contribution >= 4 is 5.91 Å². The number of carbonyl (C=O) groups excluding carboxylic acids is 1. The number of likely N-dealkylation sites (N-methyl/N-ethyl adjacent to an activating group) is 1. The molecule has 2 rings (SSSR count). The van der Waals surface area contributed by atoms with Crippen LogP contribution in [0.25, 0.3) is 0 Å². The highest BCUT2D eigenvalue weighted by atomic mass is 16.3. The molecule has 1 fully saturated rings. The third-order valence-corrected chi connectivity index (χ3v) is 5.00. The summed E-state index contributed by atoms with van der Waals surface area (Å²) >= 11 is 0. The zero-order valence-electron chi connectivity index (χ0n) is 14.6. The Morgan fingerprint density at radius 3 is 2.35 bits per heavy atom. The monoisotopic (exact) mass is 318 g/mol. The smallest absolute Gasteiger partial charge is 0.242 e. The minimum absolute atomic E-state index is 0.0137. The van der Waals surface area contributed by atoms with Gasteiger partial charge in [0, 0.05) is 0 Å². The second kappa shape index (κ2) is 7.93. The Kier molecular flexibility index (Phi) is 6.19. The van der Waals surface area contributed by atoms with Gasteiger partial charge in [0.05, 0.1) is 12.1 Å². The Morgan fingerprint density at radius 2 is 1.83 bits per heavy atom. The van der Waals surface area contributed by atoms with Crippen molar-refractivity contribution in [2.45, 2.75) is 57.0 Å². The molecule has 4 heteroatoms. The van der Waals surface area contributed by atoms with Gasteiger partial charge in [-0.3, -0.25) is 9.69 Å². The normalized spacial score (nSPS) is 19.2. The number of hydrogen-bond donors (Lipinski definition) is 2. The summed E-state index contributed by atoms with van der Waals surface area (Å²) in [5.74, 6) is -0.0137. The van der Waals surface area contributed by atoms with Crippen molar-refractivity contribution in [3.8, 4) is 0 Å². The molecular weight excluding hydrogens is 288 g/mol.